The molecule has 0 aromatic heterocycles. The molecule has 0 spiro atoms. The Balaban J connectivity index is 2.22. The van der Waals surface area contributed by atoms with Crippen LogP contribution < -0.4 is 4.74 Å². The molecule has 6 nitrogen and oxygen atoms in total. The van der Waals surface area contributed by atoms with Gasteiger partial charge in [0.2, 0.25) is 5.75 Å². The maximum atomic E-state index is 11.5. The van der Waals surface area contributed by atoms with Crippen LogP contribution >= 0.6 is 0 Å². The SMILES string of the molecule is C[C@H](O[Si](C)(C)C(C)(C)C)[C@@H](O)C=Cc1cccc([N+](=O)[O-])c1OCc1ccccc1. The highest BCUT2D eigenvalue weighted by Crippen LogP contribution is 2.38. The van der Waals surface area contributed by atoms with E-state index in [0.717, 1.165) is 5.56 Å². The summed E-state index contributed by atoms with van der Waals surface area (Å²) in [6.07, 6.45) is 2.01. The Hall–Kier alpha value is -2.48. The van der Waals surface area contributed by atoms with Gasteiger partial charge in [0.15, 0.2) is 8.32 Å². The van der Waals surface area contributed by atoms with E-state index in [4.69, 9.17) is 9.16 Å². The molecule has 0 saturated heterocycles. The first kappa shape index (κ1) is 24.8. The summed E-state index contributed by atoms with van der Waals surface area (Å²) in [5.41, 5.74) is 1.33. The third-order valence-corrected chi connectivity index (χ3v) is 10.3. The van der Waals surface area contributed by atoms with Crippen LogP contribution in [0.25, 0.3) is 6.08 Å². The first-order chi connectivity index (χ1) is 14.4. The van der Waals surface area contributed by atoms with Crippen LogP contribution in [0.15, 0.2) is 54.6 Å². The summed E-state index contributed by atoms with van der Waals surface area (Å²) in [7, 11) is -2.03. The molecule has 168 valence electrons. The zero-order chi connectivity index (χ0) is 23.2. The molecule has 2 aromatic carbocycles. The van der Waals surface area contributed by atoms with Crippen molar-refractivity contribution >= 4 is 20.1 Å². The lowest BCUT2D eigenvalue weighted by Gasteiger charge is -2.39. The average molecular weight is 444 g/mol. The first-order valence-electron chi connectivity index (χ1n) is 10.4. The molecule has 0 fully saturated rings. The molecule has 0 radical (unpaired) electrons. The number of benzene rings is 2. The quantitative estimate of drug-likeness (QED) is 0.294. The van der Waals surface area contributed by atoms with Crippen molar-refractivity contribution in [1.82, 2.24) is 0 Å². The van der Waals surface area contributed by atoms with E-state index in [1.54, 1.807) is 24.3 Å². The smallest absolute Gasteiger partial charge is 0.311 e. The highest BCUT2D eigenvalue weighted by atomic mass is 28.4. The van der Waals surface area contributed by atoms with Crippen LogP contribution in [0.3, 0.4) is 0 Å². The van der Waals surface area contributed by atoms with E-state index in [1.165, 1.54) is 6.07 Å². The lowest BCUT2D eigenvalue weighted by atomic mass is 10.1. The average Bonchev–Trinajstić information content (AvgIpc) is 2.70. The van der Waals surface area contributed by atoms with Crippen LogP contribution in [0.1, 0.15) is 38.8 Å². The van der Waals surface area contributed by atoms with Gasteiger partial charge in [-0.3, -0.25) is 10.1 Å². The predicted molar refractivity (Wildman–Crippen MR) is 127 cm³/mol. The number of rotatable bonds is 9. The van der Waals surface area contributed by atoms with E-state index in [9.17, 15) is 15.2 Å². The Morgan fingerprint density at radius 2 is 1.77 bits per heavy atom. The molecule has 1 N–H and O–H groups in total. The number of ether oxygens (including phenoxy) is 1. The zero-order valence-electron chi connectivity index (χ0n) is 19.2. The van der Waals surface area contributed by atoms with Crippen molar-refractivity contribution in [2.75, 3.05) is 0 Å². The van der Waals surface area contributed by atoms with Crippen LogP contribution in [0.5, 0.6) is 5.75 Å². The highest BCUT2D eigenvalue weighted by Gasteiger charge is 2.39. The molecule has 0 saturated carbocycles. The van der Waals surface area contributed by atoms with Crippen molar-refractivity contribution < 1.29 is 19.2 Å². The minimum Gasteiger partial charge on any atom is -0.482 e. The van der Waals surface area contributed by atoms with E-state index in [2.05, 4.69) is 33.9 Å². The topological polar surface area (TPSA) is 81.8 Å². The zero-order valence-corrected chi connectivity index (χ0v) is 20.2. The lowest BCUT2D eigenvalue weighted by molar-refractivity contribution is -0.386. The second-order valence-corrected chi connectivity index (χ2v) is 13.9. The molecule has 7 heteroatoms. The number of nitro benzene ring substituents is 1. The van der Waals surface area contributed by atoms with Crippen molar-refractivity contribution in [3.05, 3.63) is 75.8 Å². The van der Waals surface area contributed by atoms with Gasteiger partial charge in [-0.25, -0.2) is 0 Å². The Morgan fingerprint density at radius 1 is 1.13 bits per heavy atom. The van der Waals surface area contributed by atoms with E-state index in [0.29, 0.717) is 5.56 Å². The van der Waals surface area contributed by atoms with Gasteiger partial charge in [-0.15, -0.1) is 0 Å². The first-order valence-corrected chi connectivity index (χ1v) is 13.3. The van der Waals surface area contributed by atoms with Crippen molar-refractivity contribution in [3.63, 3.8) is 0 Å². The van der Waals surface area contributed by atoms with E-state index >= 15 is 0 Å². The van der Waals surface area contributed by atoms with Crippen LogP contribution in [0, 0.1) is 10.1 Å². The molecule has 2 aromatic rings. The molecule has 0 bridgehead atoms. The molecular formula is C24H33NO5Si. The van der Waals surface area contributed by atoms with Gasteiger partial charge in [0.05, 0.1) is 17.1 Å². The second kappa shape index (κ2) is 10.2. The Kier molecular flexibility index (Phi) is 8.17. The van der Waals surface area contributed by atoms with Crippen molar-refractivity contribution in [2.24, 2.45) is 0 Å². The summed E-state index contributed by atoms with van der Waals surface area (Å²) in [6.45, 7) is 12.8. The molecule has 0 heterocycles. The molecule has 0 aliphatic carbocycles. The number of nitro groups is 1. The fourth-order valence-corrected chi connectivity index (χ4v) is 4.20. The van der Waals surface area contributed by atoms with Gasteiger partial charge >= 0.3 is 5.69 Å². The summed E-state index contributed by atoms with van der Waals surface area (Å²) >= 11 is 0. The summed E-state index contributed by atoms with van der Waals surface area (Å²) in [5, 5.41) is 22.2. The molecule has 2 atom stereocenters. The molecule has 31 heavy (non-hydrogen) atoms. The third kappa shape index (κ3) is 6.75. The van der Waals surface area contributed by atoms with E-state index in [-0.39, 0.29) is 23.1 Å². The Labute approximate surface area is 185 Å². The normalized spacial score (nSPS) is 14.4. The van der Waals surface area contributed by atoms with Gasteiger partial charge in [-0.2, -0.15) is 0 Å². The van der Waals surface area contributed by atoms with Crippen molar-refractivity contribution in [3.8, 4) is 5.75 Å². The summed E-state index contributed by atoms with van der Waals surface area (Å²) in [4.78, 5) is 11.1. The number of hydrogen-bond acceptors (Lipinski definition) is 5. The fourth-order valence-electron chi connectivity index (χ4n) is 2.77. The molecular weight excluding hydrogens is 410 g/mol. The van der Waals surface area contributed by atoms with Gasteiger partial charge < -0.3 is 14.3 Å². The number of aliphatic hydroxyl groups is 1. The minimum atomic E-state index is -2.03. The Morgan fingerprint density at radius 3 is 2.35 bits per heavy atom. The lowest BCUT2D eigenvalue weighted by Crippen LogP contribution is -2.45. The molecule has 2 rings (SSSR count). The monoisotopic (exact) mass is 443 g/mol. The largest absolute Gasteiger partial charge is 0.482 e. The van der Waals surface area contributed by atoms with E-state index in [1.807, 2.05) is 37.3 Å². The van der Waals surface area contributed by atoms with Crippen LogP contribution in [0.2, 0.25) is 18.1 Å². The standard InChI is InChI=1S/C24H33NO5Si/c1-18(30-31(5,6)24(2,3)4)22(26)16-15-20-13-10-14-21(25(27)28)23(20)29-17-19-11-8-7-9-12-19/h7-16,18,22,26H,17H2,1-6H3/t18-,22-/m0/s1. The van der Waals surface area contributed by atoms with E-state index < -0.39 is 25.4 Å². The van der Waals surface area contributed by atoms with Gasteiger partial charge in [-0.05, 0) is 30.6 Å². The molecule has 0 unspecified atom stereocenters. The molecule has 0 amide bonds. The number of para-hydroxylation sites is 1. The number of aliphatic hydroxyl groups excluding tert-OH is 1. The third-order valence-electron chi connectivity index (χ3n) is 5.69. The van der Waals surface area contributed by atoms with Crippen LogP contribution in [-0.2, 0) is 11.0 Å². The number of nitrogens with zero attached hydrogens (tertiary/aromatic N) is 1. The van der Waals surface area contributed by atoms with Gasteiger partial charge in [0, 0.05) is 11.6 Å². The van der Waals surface area contributed by atoms with Crippen molar-refractivity contribution in [1.29, 1.82) is 0 Å². The predicted octanol–water partition coefficient (Wildman–Crippen LogP) is 5.96. The highest BCUT2D eigenvalue weighted by molar-refractivity contribution is 6.74. The summed E-state index contributed by atoms with van der Waals surface area (Å²) in [5.74, 6) is 0.178. The van der Waals surface area contributed by atoms with Crippen molar-refractivity contribution in [2.45, 2.75) is 64.6 Å². The maximum Gasteiger partial charge on any atom is 0.311 e. The van der Waals surface area contributed by atoms with Gasteiger partial charge in [0.25, 0.3) is 0 Å². The fraction of sp³-hybridized carbons (Fsp3) is 0.417. The maximum absolute atomic E-state index is 11.5. The van der Waals surface area contributed by atoms with Gasteiger partial charge in [-0.1, -0.05) is 75.4 Å². The second-order valence-electron chi connectivity index (χ2n) is 9.16. The molecule has 0 aliphatic rings. The Bertz CT molecular complexity index is 906. The summed E-state index contributed by atoms with van der Waals surface area (Å²) < 4.78 is 12.1. The number of hydrogen-bond donors (Lipinski definition) is 1. The van der Waals surface area contributed by atoms with Gasteiger partial charge in [0.1, 0.15) is 6.61 Å². The molecule has 0 aliphatic heterocycles. The van der Waals surface area contributed by atoms with Crippen LogP contribution in [-0.4, -0.2) is 30.6 Å². The van der Waals surface area contributed by atoms with Crippen LogP contribution in [0.4, 0.5) is 5.69 Å². The summed E-state index contributed by atoms with van der Waals surface area (Å²) in [6, 6.07) is 14.2. The minimum absolute atomic E-state index is 0.0309.